The predicted octanol–water partition coefficient (Wildman–Crippen LogP) is 5.02. The summed E-state index contributed by atoms with van der Waals surface area (Å²) in [5.41, 5.74) is 2.39. The minimum absolute atomic E-state index is 0.244. The number of aliphatic hydroxyl groups is 1. The third-order valence-corrected chi connectivity index (χ3v) is 4.75. The van der Waals surface area contributed by atoms with Crippen molar-refractivity contribution in [1.82, 2.24) is 0 Å². The molecule has 0 heterocycles. The van der Waals surface area contributed by atoms with Crippen LogP contribution in [-0.4, -0.2) is 21.8 Å². The van der Waals surface area contributed by atoms with Crippen molar-refractivity contribution < 1.29 is 15.0 Å². The lowest BCUT2D eigenvalue weighted by atomic mass is 9.83. The second kappa shape index (κ2) is 9.07. The smallest absolute Gasteiger partial charge is 0.331 e. The topological polar surface area (TPSA) is 57.5 Å². The number of aliphatic carboxylic acids is 1. The van der Waals surface area contributed by atoms with Crippen molar-refractivity contribution in [3.05, 3.63) is 34.9 Å². The monoisotopic (exact) mass is 320 g/mol. The molecule has 130 valence electrons. The summed E-state index contributed by atoms with van der Waals surface area (Å²) in [6.45, 7) is 7.97. The van der Waals surface area contributed by atoms with Crippen molar-refractivity contribution >= 4 is 5.97 Å². The summed E-state index contributed by atoms with van der Waals surface area (Å²) in [5, 5.41) is 19.7. The van der Waals surface area contributed by atoms with E-state index in [4.69, 9.17) is 0 Å². The molecule has 1 rings (SSSR count). The van der Waals surface area contributed by atoms with Gasteiger partial charge in [-0.1, -0.05) is 29.4 Å². The molecule has 0 aromatic heterocycles. The average Bonchev–Trinajstić information content (AvgIpc) is 2.43. The van der Waals surface area contributed by atoms with Crippen LogP contribution in [0.15, 0.2) is 34.9 Å². The molecule has 0 aromatic carbocycles. The van der Waals surface area contributed by atoms with Crippen LogP contribution in [0.3, 0.4) is 0 Å². The van der Waals surface area contributed by atoms with E-state index in [0.29, 0.717) is 12.0 Å². The first-order valence-corrected chi connectivity index (χ1v) is 8.66. The largest absolute Gasteiger partial charge is 0.478 e. The van der Waals surface area contributed by atoms with Gasteiger partial charge in [-0.2, -0.15) is 0 Å². The molecule has 0 fully saturated rings. The predicted molar refractivity (Wildman–Crippen MR) is 95.3 cm³/mol. The SMILES string of the molecule is C/C1=C/C[C@H](C(C)(C)O)CC/C(C)=C\CC/C(C(=O)O)=C\CC1. The molecule has 23 heavy (non-hydrogen) atoms. The molecule has 0 aromatic rings. The molecule has 1 aliphatic rings. The van der Waals surface area contributed by atoms with Gasteiger partial charge in [-0.05, 0) is 78.6 Å². The summed E-state index contributed by atoms with van der Waals surface area (Å²) in [6.07, 6.45) is 12.0. The molecule has 0 amide bonds. The van der Waals surface area contributed by atoms with Crippen LogP contribution in [-0.2, 0) is 4.79 Å². The lowest BCUT2D eigenvalue weighted by Crippen LogP contribution is -2.30. The Balaban J connectivity index is 2.92. The minimum Gasteiger partial charge on any atom is -0.478 e. The normalized spacial score (nSPS) is 29.3. The number of rotatable bonds is 2. The van der Waals surface area contributed by atoms with Crippen molar-refractivity contribution in [1.29, 1.82) is 0 Å². The fraction of sp³-hybridized carbons (Fsp3) is 0.650. The number of carbonyl (C=O) groups is 1. The van der Waals surface area contributed by atoms with Crippen LogP contribution < -0.4 is 0 Å². The van der Waals surface area contributed by atoms with Crippen LogP contribution in [0.25, 0.3) is 0 Å². The Morgan fingerprint density at radius 3 is 2.26 bits per heavy atom. The van der Waals surface area contributed by atoms with E-state index in [2.05, 4.69) is 26.0 Å². The highest BCUT2D eigenvalue weighted by molar-refractivity contribution is 5.86. The van der Waals surface area contributed by atoms with E-state index >= 15 is 0 Å². The molecule has 0 saturated carbocycles. The van der Waals surface area contributed by atoms with Gasteiger partial charge in [0.15, 0.2) is 0 Å². The Bertz CT molecular complexity index is 490. The van der Waals surface area contributed by atoms with Crippen molar-refractivity contribution in [3.63, 3.8) is 0 Å². The Hall–Kier alpha value is -1.35. The van der Waals surface area contributed by atoms with Crippen molar-refractivity contribution in [3.8, 4) is 0 Å². The maximum Gasteiger partial charge on any atom is 0.331 e. The summed E-state index contributed by atoms with van der Waals surface area (Å²) in [4.78, 5) is 11.3. The van der Waals surface area contributed by atoms with Crippen molar-refractivity contribution in [2.24, 2.45) is 5.92 Å². The third kappa shape index (κ3) is 7.65. The summed E-state index contributed by atoms with van der Waals surface area (Å²) in [6, 6.07) is 0. The molecular formula is C20H32O3. The van der Waals surface area contributed by atoms with Gasteiger partial charge < -0.3 is 10.2 Å². The highest BCUT2D eigenvalue weighted by atomic mass is 16.4. The number of allylic oxidation sites excluding steroid dienone is 5. The van der Waals surface area contributed by atoms with Gasteiger partial charge in [0.2, 0.25) is 0 Å². The third-order valence-electron chi connectivity index (χ3n) is 4.75. The Morgan fingerprint density at radius 1 is 1.04 bits per heavy atom. The van der Waals surface area contributed by atoms with Crippen LogP contribution in [0.1, 0.15) is 72.6 Å². The Kier molecular flexibility index (Phi) is 7.77. The van der Waals surface area contributed by atoms with Crippen LogP contribution in [0.5, 0.6) is 0 Å². The van der Waals surface area contributed by atoms with E-state index in [1.165, 1.54) is 11.1 Å². The van der Waals surface area contributed by atoms with E-state index in [9.17, 15) is 15.0 Å². The lowest BCUT2D eigenvalue weighted by molar-refractivity contribution is -0.132. The zero-order valence-corrected chi connectivity index (χ0v) is 15.1. The Morgan fingerprint density at radius 2 is 1.65 bits per heavy atom. The van der Waals surface area contributed by atoms with Gasteiger partial charge >= 0.3 is 5.97 Å². The lowest BCUT2D eigenvalue weighted by Gasteiger charge is -2.29. The highest BCUT2D eigenvalue weighted by Gasteiger charge is 2.25. The molecular weight excluding hydrogens is 288 g/mol. The summed E-state index contributed by atoms with van der Waals surface area (Å²) in [5.74, 6) is -0.555. The first kappa shape index (κ1) is 19.7. The number of hydrogen-bond donors (Lipinski definition) is 2. The van der Waals surface area contributed by atoms with Crippen LogP contribution in [0, 0.1) is 5.92 Å². The van der Waals surface area contributed by atoms with Gasteiger partial charge in [-0.15, -0.1) is 0 Å². The zero-order chi connectivity index (χ0) is 17.5. The van der Waals surface area contributed by atoms with Crippen molar-refractivity contribution in [2.45, 2.75) is 78.2 Å². The first-order chi connectivity index (χ1) is 10.7. The molecule has 1 atom stereocenters. The van der Waals surface area contributed by atoms with Gasteiger partial charge in [-0.3, -0.25) is 0 Å². The van der Waals surface area contributed by atoms with E-state index in [1.807, 2.05) is 19.9 Å². The second-order valence-corrected chi connectivity index (χ2v) is 7.34. The molecule has 0 spiro atoms. The maximum absolute atomic E-state index is 11.3. The van der Waals surface area contributed by atoms with Crippen LogP contribution >= 0.6 is 0 Å². The minimum atomic E-state index is -0.799. The first-order valence-electron chi connectivity index (χ1n) is 8.66. The average molecular weight is 320 g/mol. The molecule has 1 aliphatic carbocycles. The van der Waals surface area contributed by atoms with Crippen LogP contribution in [0.4, 0.5) is 0 Å². The standard InChI is InChI=1S/C20H32O3/c1-15-7-5-9-17(19(21)22)10-6-8-16(2)12-14-18(13-11-15)20(3,4)23/h7,10,12,18,23H,5-6,8-9,11,13-14H2,1-4H3,(H,21,22)/b15-7-,16-12-,17-10+/t18-/m1/s1. The highest BCUT2D eigenvalue weighted by Crippen LogP contribution is 2.28. The van der Waals surface area contributed by atoms with E-state index in [1.54, 1.807) is 0 Å². The molecule has 0 saturated heterocycles. The molecule has 2 N–H and O–H groups in total. The Labute approximate surface area is 140 Å². The molecule has 0 aliphatic heterocycles. The maximum atomic E-state index is 11.3. The number of carboxylic acids is 1. The molecule has 3 nitrogen and oxygen atoms in total. The fourth-order valence-electron chi connectivity index (χ4n) is 2.95. The molecule has 0 bridgehead atoms. The van der Waals surface area contributed by atoms with Gasteiger partial charge in [0.05, 0.1) is 5.60 Å². The second-order valence-electron chi connectivity index (χ2n) is 7.34. The number of carboxylic acid groups (broad SMARTS) is 1. The summed E-state index contributed by atoms with van der Waals surface area (Å²) >= 11 is 0. The van der Waals surface area contributed by atoms with Gasteiger partial charge in [0.25, 0.3) is 0 Å². The van der Waals surface area contributed by atoms with E-state index < -0.39 is 11.6 Å². The summed E-state index contributed by atoms with van der Waals surface area (Å²) in [7, 11) is 0. The van der Waals surface area contributed by atoms with Crippen molar-refractivity contribution in [2.75, 3.05) is 0 Å². The van der Waals surface area contributed by atoms with Gasteiger partial charge in [0.1, 0.15) is 0 Å². The van der Waals surface area contributed by atoms with Gasteiger partial charge in [-0.25, -0.2) is 4.79 Å². The zero-order valence-electron chi connectivity index (χ0n) is 15.1. The van der Waals surface area contributed by atoms with E-state index in [-0.39, 0.29) is 5.92 Å². The number of hydrogen-bond acceptors (Lipinski definition) is 2. The van der Waals surface area contributed by atoms with Gasteiger partial charge in [0, 0.05) is 5.57 Å². The molecule has 0 radical (unpaired) electrons. The summed E-state index contributed by atoms with van der Waals surface area (Å²) < 4.78 is 0. The molecule has 3 heteroatoms. The fourth-order valence-corrected chi connectivity index (χ4v) is 2.95. The quantitative estimate of drug-likeness (QED) is 0.702. The molecule has 0 unspecified atom stereocenters. The van der Waals surface area contributed by atoms with Crippen LogP contribution in [0.2, 0.25) is 0 Å². The van der Waals surface area contributed by atoms with E-state index in [0.717, 1.165) is 38.5 Å².